The second-order valence-corrected chi connectivity index (χ2v) is 10.4. The maximum atomic E-state index is 12.1. The lowest BCUT2D eigenvalue weighted by Gasteiger charge is -2.35. The number of piperazine rings is 1. The molecule has 1 amide bonds. The van der Waals surface area contributed by atoms with Gasteiger partial charge in [-0.1, -0.05) is 0 Å². The molecular formula is C25H29N7O3S. The molecule has 0 unspecified atom stereocenters. The largest absolute Gasteiger partial charge is 0.384 e. The monoisotopic (exact) mass is 507 g/mol. The first-order valence-electron chi connectivity index (χ1n) is 12.3. The maximum Gasteiger partial charge on any atom is 0.251 e. The molecule has 2 N–H and O–H groups in total. The Labute approximate surface area is 212 Å². The molecule has 4 aromatic rings. The number of pyridine rings is 1. The van der Waals surface area contributed by atoms with Crippen LogP contribution in [0.4, 0.5) is 5.82 Å². The average Bonchev–Trinajstić information content (AvgIpc) is 3.54. The molecule has 10 nitrogen and oxygen atoms in total. The lowest BCUT2D eigenvalue weighted by molar-refractivity contribution is -0.141. The van der Waals surface area contributed by atoms with Crippen molar-refractivity contribution in [3.8, 4) is 11.4 Å². The molecule has 2 aliphatic rings. The summed E-state index contributed by atoms with van der Waals surface area (Å²) in [4.78, 5) is 38.3. The number of aromatic nitrogens is 4. The molecule has 36 heavy (non-hydrogen) atoms. The molecule has 0 aliphatic carbocycles. The summed E-state index contributed by atoms with van der Waals surface area (Å²) >= 11 is 1.70. The van der Waals surface area contributed by atoms with Gasteiger partial charge in [0.05, 0.1) is 18.6 Å². The number of aliphatic hydroxyl groups is 1. The highest BCUT2D eigenvalue weighted by atomic mass is 32.1. The molecule has 6 rings (SSSR count). The van der Waals surface area contributed by atoms with Crippen molar-refractivity contribution in [2.45, 2.75) is 19.6 Å². The van der Waals surface area contributed by atoms with E-state index in [2.05, 4.69) is 31.9 Å². The number of nitrogens with zero attached hydrogens (tertiary/aromatic N) is 6. The topological polar surface area (TPSA) is 111 Å². The summed E-state index contributed by atoms with van der Waals surface area (Å²) in [6.45, 7) is 8.11. The third-order valence-electron chi connectivity index (χ3n) is 6.81. The van der Waals surface area contributed by atoms with Crippen LogP contribution in [0, 0.1) is 0 Å². The van der Waals surface area contributed by atoms with Crippen LogP contribution in [0.3, 0.4) is 0 Å². The second kappa shape index (κ2) is 9.74. The number of hydrogen-bond donors (Lipinski definition) is 2. The van der Waals surface area contributed by atoms with Crippen LogP contribution in [0.15, 0.2) is 30.6 Å². The van der Waals surface area contributed by atoms with Gasteiger partial charge in [0.15, 0.2) is 5.82 Å². The highest BCUT2D eigenvalue weighted by Gasteiger charge is 2.25. The SMILES string of the molecule is C[C@H](O)C(=O)N1CCN(Cc2cc3c(N4CCOCC4)nc(-c4cnc5[nH]ccc5c4)nc3s2)CC1. The first-order chi connectivity index (χ1) is 17.5. The number of fused-ring (bicyclic) bond motifs is 2. The molecule has 11 heteroatoms. The van der Waals surface area contributed by atoms with Crippen molar-refractivity contribution < 1.29 is 14.6 Å². The highest BCUT2D eigenvalue weighted by molar-refractivity contribution is 7.18. The van der Waals surface area contributed by atoms with Gasteiger partial charge in [-0.2, -0.15) is 0 Å². The minimum atomic E-state index is -0.946. The number of hydrogen-bond acceptors (Lipinski definition) is 9. The van der Waals surface area contributed by atoms with Crippen molar-refractivity contribution in [1.29, 1.82) is 0 Å². The summed E-state index contributed by atoms with van der Waals surface area (Å²) in [6.07, 6.45) is 2.76. The number of morpholine rings is 1. The fourth-order valence-corrected chi connectivity index (χ4v) is 5.92. The molecule has 0 radical (unpaired) electrons. The number of rotatable bonds is 5. The fraction of sp³-hybridized carbons (Fsp3) is 0.440. The van der Waals surface area contributed by atoms with Gasteiger partial charge in [0.1, 0.15) is 22.4 Å². The standard InChI is InChI=1S/C25H29N7O3S/c1-16(33)25(34)32-6-4-30(5-7-32)15-19-13-20-23(31-8-10-35-11-9-31)28-22(29-24(20)36-19)18-12-17-2-3-26-21(17)27-14-18/h2-3,12-14,16,33H,4-11,15H2,1H3,(H,26,27)/t16-/m0/s1. The lowest BCUT2D eigenvalue weighted by atomic mass is 10.2. The molecule has 6 heterocycles. The van der Waals surface area contributed by atoms with Crippen molar-refractivity contribution in [3.05, 3.63) is 35.5 Å². The van der Waals surface area contributed by atoms with Crippen molar-refractivity contribution >= 4 is 44.3 Å². The molecule has 0 bridgehead atoms. The highest BCUT2D eigenvalue weighted by Crippen LogP contribution is 2.34. The van der Waals surface area contributed by atoms with Crippen LogP contribution in [0.5, 0.6) is 0 Å². The number of ether oxygens (including phenoxy) is 1. The molecule has 4 aromatic heterocycles. The fourth-order valence-electron chi connectivity index (χ4n) is 4.85. The normalized spacial score (nSPS) is 18.3. The Hall–Kier alpha value is -3.12. The molecule has 2 fully saturated rings. The second-order valence-electron chi connectivity index (χ2n) is 9.32. The van der Waals surface area contributed by atoms with Gasteiger partial charge in [0.2, 0.25) is 0 Å². The minimum absolute atomic E-state index is 0.193. The van der Waals surface area contributed by atoms with Gasteiger partial charge in [-0.25, -0.2) is 15.0 Å². The predicted molar refractivity (Wildman–Crippen MR) is 139 cm³/mol. The van der Waals surface area contributed by atoms with Crippen LogP contribution in [-0.4, -0.2) is 99.3 Å². The van der Waals surface area contributed by atoms with Gasteiger partial charge in [-0.15, -0.1) is 11.3 Å². The molecular weight excluding hydrogens is 478 g/mol. The van der Waals surface area contributed by atoms with E-state index < -0.39 is 6.10 Å². The number of aromatic amines is 1. The van der Waals surface area contributed by atoms with Crippen LogP contribution in [0.1, 0.15) is 11.8 Å². The zero-order valence-corrected chi connectivity index (χ0v) is 21.0. The Morgan fingerprint density at radius 1 is 1.17 bits per heavy atom. The molecule has 0 aromatic carbocycles. The van der Waals surface area contributed by atoms with Crippen LogP contribution in [0.2, 0.25) is 0 Å². The number of H-pyrrole nitrogens is 1. The Balaban J connectivity index is 1.30. The third kappa shape index (κ3) is 4.55. The van der Waals surface area contributed by atoms with Crippen molar-refractivity contribution in [2.24, 2.45) is 0 Å². The Morgan fingerprint density at radius 3 is 2.75 bits per heavy atom. The molecule has 1 atom stereocenters. The van der Waals surface area contributed by atoms with E-state index in [1.165, 1.54) is 11.8 Å². The first kappa shape index (κ1) is 23.3. The van der Waals surface area contributed by atoms with Crippen LogP contribution >= 0.6 is 11.3 Å². The van der Waals surface area contributed by atoms with Crippen molar-refractivity contribution in [2.75, 3.05) is 57.4 Å². The van der Waals surface area contributed by atoms with Gasteiger partial charge >= 0.3 is 0 Å². The number of amides is 1. The number of carbonyl (C=O) groups excluding carboxylic acids is 1. The summed E-state index contributed by atoms with van der Waals surface area (Å²) in [7, 11) is 0. The third-order valence-corrected chi connectivity index (χ3v) is 7.83. The molecule has 2 aliphatic heterocycles. The first-order valence-corrected chi connectivity index (χ1v) is 13.1. The van der Waals surface area contributed by atoms with Gasteiger partial charge in [-0.05, 0) is 25.1 Å². The van der Waals surface area contributed by atoms with E-state index in [1.807, 2.05) is 18.5 Å². The number of aliphatic hydroxyl groups excluding tert-OH is 1. The van der Waals surface area contributed by atoms with E-state index in [4.69, 9.17) is 14.7 Å². The van der Waals surface area contributed by atoms with Gasteiger partial charge in [0.25, 0.3) is 5.91 Å². The van der Waals surface area contributed by atoms with E-state index >= 15 is 0 Å². The summed E-state index contributed by atoms with van der Waals surface area (Å²) in [5.41, 5.74) is 1.74. The Morgan fingerprint density at radius 2 is 1.97 bits per heavy atom. The smallest absolute Gasteiger partial charge is 0.251 e. The van der Waals surface area contributed by atoms with Crippen molar-refractivity contribution in [3.63, 3.8) is 0 Å². The summed E-state index contributed by atoms with van der Waals surface area (Å²) in [5.74, 6) is 1.43. The number of carbonyl (C=O) groups is 1. The molecule has 0 saturated carbocycles. The van der Waals surface area contributed by atoms with E-state index in [1.54, 1.807) is 16.2 Å². The van der Waals surface area contributed by atoms with E-state index in [0.29, 0.717) is 32.1 Å². The summed E-state index contributed by atoms with van der Waals surface area (Å²) in [6, 6.07) is 6.30. The summed E-state index contributed by atoms with van der Waals surface area (Å²) in [5, 5.41) is 11.7. The molecule has 0 spiro atoms. The zero-order valence-electron chi connectivity index (χ0n) is 20.2. The predicted octanol–water partition coefficient (Wildman–Crippen LogP) is 2.10. The molecule has 2 saturated heterocycles. The Bertz CT molecular complexity index is 1390. The van der Waals surface area contributed by atoms with Crippen LogP contribution < -0.4 is 4.90 Å². The quantitative estimate of drug-likeness (QED) is 0.423. The van der Waals surface area contributed by atoms with E-state index in [9.17, 15) is 9.90 Å². The van der Waals surface area contributed by atoms with Crippen molar-refractivity contribution in [1.82, 2.24) is 29.7 Å². The van der Waals surface area contributed by atoms with E-state index in [0.717, 1.165) is 65.4 Å². The van der Waals surface area contributed by atoms with Gasteiger partial charge in [0, 0.05) is 74.0 Å². The van der Waals surface area contributed by atoms with Gasteiger partial charge in [-0.3, -0.25) is 9.69 Å². The Kier molecular flexibility index (Phi) is 6.30. The summed E-state index contributed by atoms with van der Waals surface area (Å²) < 4.78 is 5.59. The van der Waals surface area contributed by atoms with Gasteiger partial charge < -0.3 is 24.6 Å². The van der Waals surface area contributed by atoms with Crippen LogP contribution in [-0.2, 0) is 16.1 Å². The maximum absolute atomic E-state index is 12.1. The average molecular weight is 508 g/mol. The molecule has 188 valence electrons. The van der Waals surface area contributed by atoms with Crippen LogP contribution in [0.25, 0.3) is 32.6 Å². The number of nitrogens with one attached hydrogen (secondary N) is 1. The lowest BCUT2D eigenvalue weighted by Crippen LogP contribution is -2.50. The minimum Gasteiger partial charge on any atom is -0.384 e. The van der Waals surface area contributed by atoms with E-state index in [-0.39, 0.29) is 5.91 Å². The number of thiophene rings is 1. The zero-order chi connectivity index (χ0) is 24.6. The number of anilines is 1.